The lowest BCUT2D eigenvalue weighted by Crippen LogP contribution is -2.02. The molecule has 0 atom stereocenters. The zero-order valence-corrected chi connectivity index (χ0v) is 15.1. The summed E-state index contributed by atoms with van der Waals surface area (Å²) in [5, 5.41) is 14.7. The second-order valence-electron chi connectivity index (χ2n) is 6.24. The van der Waals surface area contributed by atoms with Crippen LogP contribution < -0.4 is 10.1 Å². The number of nitrogens with one attached hydrogen (secondary N) is 1. The average molecular weight is 390 g/mol. The van der Waals surface area contributed by atoms with Crippen LogP contribution in [0.4, 0.5) is 15.9 Å². The van der Waals surface area contributed by atoms with Gasteiger partial charge < -0.3 is 10.1 Å². The smallest absolute Gasteiger partial charge is 0.270 e. The third kappa shape index (κ3) is 4.27. The number of pyridine rings is 2. The van der Waals surface area contributed by atoms with Crippen molar-refractivity contribution >= 4 is 22.4 Å². The van der Waals surface area contributed by atoms with Crippen LogP contribution >= 0.6 is 0 Å². The largest absolute Gasteiger partial charge is 0.453 e. The molecule has 0 radical (unpaired) electrons. The first-order chi connectivity index (χ1) is 14.1. The molecule has 0 unspecified atom stereocenters. The van der Waals surface area contributed by atoms with Crippen molar-refractivity contribution in [3.8, 4) is 11.5 Å². The predicted molar refractivity (Wildman–Crippen MR) is 106 cm³/mol. The van der Waals surface area contributed by atoms with Crippen molar-refractivity contribution in [3.63, 3.8) is 0 Å². The highest BCUT2D eigenvalue weighted by molar-refractivity contribution is 5.82. The van der Waals surface area contributed by atoms with Gasteiger partial charge in [0.25, 0.3) is 5.69 Å². The van der Waals surface area contributed by atoms with E-state index < -0.39 is 10.7 Å². The molecule has 0 aliphatic carbocycles. The number of fused-ring (bicyclic) bond motifs is 1. The van der Waals surface area contributed by atoms with E-state index in [4.69, 9.17) is 4.74 Å². The van der Waals surface area contributed by atoms with Crippen molar-refractivity contribution in [2.75, 3.05) is 5.32 Å². The minimum Gasteiger partial charge on any atom is -0.453 e. The van der Waals surface area contributed by atoms with Crippen LogP contribution in [0.1, 0.15) is 5.56 Å². The zero-order chi connectivity index (χ0) is 20.2. The van der Waals surface area contributed by atoms with Crippen molar-refractivity contribution in [1.82, 2.24) is 9.97 Å². The zero-order valence-electron chi connectivity index (χ0n) is 15.1. The summed E-state index contributed by atoms with van der Waals surface area (Å²) in [5.41, 5.74) is 1.36. The van der Waals surface area contributed by atoms with Gasteiger partial charge in [-0.05, 0) is 48.0 Å². The van der Waals surface area contributed by atoms with Gasteiger partial charge in [0.15, 0.2) is 11.6 Å². The Hall–Kier alpha value is -4.07. The lowest BCUT2D eigenvalue weighted by atomic mass is 10.2. The van der Waals surface area contributed by atoms with Gasteiger partial charge in [-0.15, -0.1) is 0 Å². The summed E-state index contributed by atoms with van der Waals surface area (Å²) in [5.74, 6) is 0.680. The second-order valence-corrected chi connectivity index (χ2v) is 6.24. The van der Waals surface area contributed by atoms with Gasteiger partial charge in [-0.3, -0.25) is 15.1 Å². The molecule has 0 amide bonds. The van der Waals surface area contributed by atoms with Gasteiger partial charge in [-0.25, -0.2) is 9.37 Å². The van der Waals surface area contributed by atoms with E-state index >= 15 is 0 Å². The van der Waals surface area contributed by atoms with Crippen LogP contribution in [0.5, 0.6) is 11.5 Å². The molecule has 8 heteroatoms. The molecule has 2 aromatic heterocycles. The van der Waals surface area contributed by atoms with Crippen LogP contribution in [0.2, 0.25) is 0 Å². The van der Waals surface area contributed by atoms with E-state index in [2.05, 4.69) is 15.3 Å². The summed E-state index contributed by atoms with van der Waals surface area (Å²) < 4.78 is 19.8. The molecule has 0 bridgehead atoms. The van der Waals surface area contributed by atoms with Gasteiger partial charge in [0.2, 0.25) is 0 Å². The number of hydrogen-bond acceptors (Lipinski definition) is 6. The van der Waals surface area contributed by atoms with Crippen molar-refractivity contribution in [3.05, 3.63) is 94.6 Å². The van der Waals surface area contributed by atoms with E-state index in [-0.39, 0.29) is 11.4 Å². The number of nitro groups is 1. The summed E-state index contributed by atoms with van der Waals surface area (Å²) in [7, 11) is 0. The predicted octanol–water partition coefficient (Wildman–Crippen LogP) is 5.08. The van der Waals surface area contributed by atoms with E-state index in [0.717, 1.165) is 0 Å². The molecule has 0 fully saturated rings. The topological polar surface area (TPSA) is 90.2 Å². The third-order valence-electron chi connectivity index (χ3n) is 4.22. The number of aromatic nitrogens is 2. The van der Waals surface area contributed by atoms with Crippen LogP contribution in [0.25, 0.3) is 10.9 Å². The second kappa shape index (κ2) is 7.89. The summed E-state index contributed by atoms with van der Waals surface area (Å²) in [6.07, 6.45) is 3.12. The monoisotopic (exact) mass is 390 g/mol. The standard InChI is InChI=1S/C21H15FN4O3/c22-18-10-14(3-7-20(18)29-17-2-1-9-23-13-17)12-24-21-8-4-15-11-16(26(27)28)5-6-19(15)25-21/h1-11,13H,12H2,(H,24,25). The molecule has 2 heterocycles. The molecule has 0 saturated heterocycles. The molecule has 0 spiro atoms. The summed E-state index contributed by atoms with van der Waals surface area (Å²) in [4.78, 5) is 18.8. The molecule has 2 aromatic carbocycles. The number of rotatable bonds is 6. The summed E-state index contributed by atoms with van der Waals surface area (Å²) in [6, 6.07) is 16.1. The Morgan fingerprint density at radius 2 is 2.00 bits per heavy atom. The SMILES string of the molecule is O=[N+]([O-])c1ccc2nc(NCc3ccc(Oc4cccnc4)c(F)c3)ccc2c1. The number of halogens is 1. The molecule has 7 nitrogen and oxygen atoms in total. The number of ether oxygens (including phenoxy) is 1. The maximum absolute atomic E-state index is 14.3. The fourth-order valence-corrected chi connectivity index (χ4v) is 2.79. The van der Waals surface area contributed by atoms with Crippen molar-refractivity contribution in [2.45, 2.75) is 6.54 Å². The summed E-state index contributed by atoms with van der Waals surface area (Å²) in [6.45, 7) is 0.357. The number of nitrogens with zero attached hydrogens (tertiary/aromatic N) is 3. The van der Waals surface area contributed by atoms with E-state index in [1.807, 2.05) is 0 Å². The quantitative estimate of drug-likeness (QED) is 0.365. The Balaban J connectivity index is 1.45. The Kier molecular flexibility index (Phi) is 4.98. The van der Waals surface area contributed by atoms with E-state index in [1.165, 1.54) is 24.4 Å². The molecule has 0 saturated carbocycles. The van der Waals surface area contributed by atoms with Crippen molar-refractivity contribution in [2.24, 2.45) is 0 Å². The molecular weight excluding hydrogens is 375 g/mol. The number of hydrogen-bond donors (Lipinski definition) is 1. The Labute approximate surface area is 165 Å². The fourth-order valence-electron chi connectivity index (χ4n) is 2.79. The number of nitro benzene ring substituents is 1. The Bertz CT molecular complexity index is 1190. The van der Waals surface area contributed by atoms with Gasteiger partial charge >= 0.3 is 0 Å². The van der Waals surface area contributed by atoms with Gasteiger partial charge in [-0.1, -0.05) is 6.07 Å². The Morgan fingerprint density at radius 3 is 2.76 bits per heavy atom. The molecular formula is C21H15FN4O3. The van der Waals surface area contributed by atoms with Crippen LogP contribution in [0.15, 0.2) is 73.1 Å². The number of benzene rings is 2. The minimum atomic E-state index is -0.480. The molecule has 0 aliphatic heterocycles. The molecule has 29 heavy (non-hydrogen) atoms. The molecule has 144 valence electrons. The normalized spacial score (nSPS) is 10.7. The highest BCUT2D eigenvalue weighted by Crippen LogP contribution is 2.25. The average Bonchev–Trinajstić information content (AvgIpc) is 2.74. The van der Waals surface area contributed by atoms with Gasteiger partial charge in [0.1, 0.15) is 11.6 Å². The highest BCUT2D eigenvalue weighted by Gasteiger charge is 2.09. The van der Waals surface area contributed by atoms with Crippen LogP contribution in [-0.4, -0.2) is 14.9 Å². The first-order valence-corrected chi connectivity index (χ1v) is 8.74. The van der Waals surface area contributed by atoms with Crippen LogP contribution in [-0.2, 0) is 6.54 Å². The lowest BCUT2D eigenvalue weighted by Gasteiger charge is -2.10. The fraction of sp³-hybridized carbons (Fsp3) is 0.0476. The first-order valence-electron chi connectivity index (χ1n) is 8.74. The van der Waals surface area contributed by atoms with Gasteiger partial charge in [0.05, 0.1) is 16.6 Å². The van der Waals surface area contributed by atoms with Gasteiger partial charge in [-0.2, -0.15) is 0 Å². The van der Waals surface area contributed by atoms with E-state index in [0.29, 0.717) is 34.6 Å². The molecule has 4 aromatic rings. The maximum atomic E-state index is 14.3. The lowest BCUT2D eigenvalue weighted by molar-refractivity contribution is -0.384. The molecule has 0 aliphatic rings. The Morgan fingerprint density at radius 1 is 1.10 bits per heavy atom. The third-order valence-corrected chi connectivity index (χ3v) is 4.22. The molecule has 1 N–H and O–H groups in total. The van der Waals surface area contributed by atoms with Crippen molar-refractivity contribution < 1.29 is 14.1 Å². The minimum absolute atomic E-state index is 0.0177. The number of non-ortho nitro benzene ring substituents is 1. The van der Waals surface area contributed by atoms with E-state index in [9.17, 15) is 14.5 Å². The van der Waals surface area contributed by atoms with Gasteiger partial charge in [0, 0.05) is 30.3 Å². The first kappa shape index (κ1) is 18.3. The molecule has 4 rings (SSSR count). The highest BCUT2D eigenvalue weighted by atomic mass is 19.1. The van der Waals surface area contributed by atoms with Crippen LogP contribution in [0, 0.1) is 15.9 Å². The summed E-state index contributed by atoms with van der Waals surface area (Å²) >= 11 is 0. The van der Waals surface area contributed by atoms with E-state index in [1.54, 1.807) is 48.7 Å². The van der Waals surface area contributed by atoms with Crippen LogP contribution in [0.3, 0.4) is 0 Å². The van der Waals surface area contributed by atoms with Crippen molar-refractivity contribution in [1.29, 1.82) is 0 Å². The number of anilines is 1. The maximum Gasteiger partial charge on any atom is 0.270 e.